The van der Waals surface area contributed by atoms with Crippen molar-refractivity contribution in [2.45, 2.75) is 45.3 Å². The SMILES string of the molecule is CC(C)C(C)(CN)NC(=O)[C@H]1CCCO1. The van der Waals surface area contributed by atoms with Crippen LogP contribution in [0.25, 0.3) is 0 Å². The van der Waals surface area contributed by atoms with Crippen molar-refractivity contribution < 1.29 is 9.53 Å². The van der Waals surface area contributed by atoms with Crippen LogP contribution in [0, 0.1) is 5.92 Å². The molecule has 0 saturated carbocycles. The average Bonchev–Trinajstić information content (AvgIpc) is 2.70. The number of carbonyl (C=O) groups is 1. The maximum Gasteiger partial charge on any atom is 0.249 e. The Kier molecular flexibility index (Phi) is 4.11. The van der Waals surface area contributed by atoms with E-state index in [0.717, 1.165) is 12.8 Å². The zero-order valence-corrected chi connectivity index (χ0v) is 9.88. The maximum absolute atomic E-state index is 11.8. The number of nitrogens with two attached hydrogens (primary N) is 1. The molecular formula is C11H22N2O2. The molecule has 0 radical (unpaired) electrons. The topological polar surface area (TPSA) is 64.3 Å². The number of amides is 1. The molecule has 4 heteroatoms. The number of rotatable bonds is 4. The van der Waals surface area contributed by atoms with Gasteiger partial charge in [0.1, 0.15) is 6.10 Å². The lowest BCUT2D eigenvalue weighted by Gasteiger charge is -2.34. The van der Waals surface area contributed by atoms with Crippen molar-refractivity contribution in [3.63, 3.8) is 0 Å². The molecule has 0 spiro atoms. The lowest BCUT2D eigenvalue weighted by molar-refractivity contribution is -0.132. The second-order valence-electron chi connectivity index (χ2n) is 4.77. The monoisotopic (exact) mass is 214 g/mol. The molecule has 0 aromatic rings. The van der Waals surface area contributed by atoms with Gasteiger partial charge >= 0.3 is 0 Å². The van der Waals surface area contributed by atoms with Gasteiger partial charge < -0.3 is 15.8 Å². The first-order chi connectivity index (χ1) is 6.99. The van der Waals surface area contributed by atoms with E-state index in [0.29, 0.717) is 19.1 Å². The fourth-order valence-electron chi connectivity index (χ4n) is 1.58. The van der Waals surface area contributed by atoms with Crippen molar-refractivity contribution in [3.8, 4) is 0 Å². The first kappa shape index (κ1) is 12.5. The summed E-state index contributed by atoms with van der Waals surface area (Å²) in [7, 11) is 0. The lowest BCUT2D eigenvalue weighted by Crippen LogP contribution is -2.57. The molecule has 1 heterocycles. The molecule has 2 atom stereocenters. The molecule has 1 unspecified atom stereocenters. The number of nitrogens with one attached hydrogen (secondary N) is 1. The van der Waals surface area contributed by atoms with E-state index in [9.17, 15) is 4.79 Å². The number of carbonyl (C=O) groups excluding carboxylic acids is 1. The van der Waals surface area contributed by atoms with Crippen molar-refractivity contribution in [1.82, 2.24) is 5.32 Å². The molecule has 1 aliphatic rings. The van der Waals surface area contributed by atoms with Gasteiger partial charge in [0, 0.05) is 13.2 Å². The van der Waals surface area contributed by atoms with Gasteiger partial charge in [0.2, 0.25) is 5.91 Å². The van der Waals surface area contributed by atoms with Gasteiger partial charge in [-0.3, -0.25) is 4.79 Å². The molecular weight excluding hydrogens is 192 g/mol. The quantitative estimate of drug-likeness (QED) is 0.722. The largest absolute Gasteiger partial charge is 0.368 e. The van der Waals surface area contributed by atoms with Crippen molar-refractivity contribution in [2.75, 3.05) is 13.2 Å². The molecule has 0 aliphatic carbocycles. The highest BCUT2D eigenvalue weighted by Crippen LogP contribution is 2.18. The van der Waals surface area contributed by atoms with Crippen LogP contribution in [0.2, 0.25) is 0 Å². The first-order valence-electron chi connectivity index (χ1n) is 5.63. The Morgan fingerprint density at radius 1 is 1.67 bits per heavy atom. The minimum atomic E-state index is -0.330. The predicted octanol–water partition coefficient (Wildman–Crippen LogP) is 0.655. The van der Waals surface area contributed by atoms with Crippen molar-refractivity contribution in [1.29, 1.82) is 0 Å². The second-order valence-corrected chi connectivity index (χ2v) is 4.77. The molecule has 4 nitrogen and oxygen atoms in total. The molecule has 1 saturated heterocycles. The highest BCUT2D eigenvalue weighted by molar-refractivity contribution is 5.81. The van der Waals surface area contributed by atoms with Crippen LogP contribution in [-0.4, -0.2) is 30.7 Å². The van der Waals surface area contributed by atoms with E-state index in [1.165, 1.54) is 0 Å². The highest BCUT2D eigenvalue weighted by Gasteiger charge is 2.32. The summed E-state index contributed by atoms with van der Waals surface area (Å²) in [6, 6.07) is 0. The van der Waals surface area contributed by atoms with Gasteiger partial charge in [-0.25, -0.2) is 0 Å². The summed E-state index contributed by atoms with van der Waals surface area (Å²) in [6.45, 7) is 7.23. The Bertz CT molecular complexity index is 225. The van der Waals surface area contributed by atoms with Crippen LogP contribution in [-0.2, 0) is 9.53 Å². The third kappa shape index (κ3) is 2.92. The van der Waals surface area contributed by atoms with Crippen molar-refractivity contribution in [3.05, 3.63) is 0 Å². The summed E-state index contributed by atoms with van der Waals surface area (Å²) in [5.41, 5.74) is 5.37. The Balaban J connectivity index is 2.54. The van der Waals surface area contributed by atoms with Crippen molar-refractivity contribution >= 4 is 5.91 Å². The molecule has 1 fully saturated rings. The summed E-state index contributed by atoms with van der Waals surface area (Å²) in [5, 5.41) is 3.00. The van der Waals surface area contributed by atoms with Crippen LogP contribution in [0.5, 0.6) is 0 Å². The fourth-order valence-corrected chi connectivity index (χ4v) is 1.58. The number of hydrogen-bond donors (Lipinski definition) is 2. The third-order valence-electron chi connectivity index (χ3n) is 3.33. The molecule has 1 rings (SSSR count). The molecule has 1 aliphatic heterocycles. The molecule has 88 valence electrons. The van der Waals surface area contributed by atoms with Gasteiger partial charge in [-0.05, 0) is 25.7 Å². The standard InChI is InChI=1S/C11H22N2O2/c1-8(2)11(3,7-12)13-10(14)9-5-4-6-15-9/h8-9H,4-7,12H2,1-3H3,(H,13,14)/t9-,11?/m1/s1. The first-order valence-corrected chi connectivity index (χ1v) is 5.63. The summed E-state index contributed by atoms with van der Waals surface area (Å²) in [5.74, 6) is 0.294. The van der Waals surface area contributed by atoms with Gasteiger partial charge in [0.05, 0.1) is 5.54 Å². The van der Waals surface area contributed by atoms with Crippen LogP contribution in [0.4, 0.5) is 0 Å². The Morgan fingerprint density at radius 3 is 2.73 bits per heavy atom. The Hall–Kier alpha value is -0.610. The number of ether oxygens (including phenoxy) is 1. The second kappa shape index (κ2) is 4.94. The molecule has 0 bridgehead atoms. The molecule has 3 N–H and O–H groups in total. The van der Waals surface area contributed by atoms with Crippen LogP contribution < -0.4 is 11.1 Å². The van der Waals surface area contributed by atoms with Crippen LogP contribution >= 0.6 is 0 Å². The Morgan fingerprint density at radius 2 is 2.33 bits per heavy atom. The molecule has 1 amide bonds. The van der Waals surface area contributed by atoms with E-state index in [1.807, 2.05) is 6.92 Å². The highest BCUT2D eigenvalue weighted by atomic mass is 16.5. The third-order valence-corrected chi connectivity index (χ3v) is 3.33. The molecule has 0 aromatic heterocycles. The van der Waals surface area contributed by atoms with Crippen LogP contribution in [0.15, 0.2) is 0 Å². The summed E-state index contributed by atoms with van der Waals surface area (Å²) >= 11 is 0. The van der Waals surface area contributed by atoms with E-state index in [1.54, 1.807) is 0 Å². The minimum absolute atomic E-state index is 0.0193. The van der Waals surface area contributed by atoms with Crippen molar-refractivity contribution in [2.24, 2.45) is 11.7 Å². The normalized spacial score (nSPS) is 25.3. The van der Waals surface area contributed by atoms with E-state index in [2.05, 4.69) is 19.2 Å². The van der Waals surface area contributed by atoms with Crippen LogP contribution in [0.3, 0.4) is 0 Å². The van der Waals surface area contributed by atoms with Gasteiger partial charge in [-0.15, -0.1) is 0 Å². The van der Waals surface area contributed by atoms with E-state index in [-0.39, 0.29) is 17.6 Å². The zero-order chi connectivity index (χ0) is 11.5. The summed E-state index contributed by atoms with van der Waals surface area (Å²) in [4.78, 5) is 11.8. The maximum atomic E-state index is 11.8. The molecule has 0 aromatic carbocycles. The smallest absolute Gasteiger partial charge is 0.249 e. The van der Waals surface area contributed by atoms with Gasteiger partial charge in [0.15, 0.2) is 0 Å². The Labute approximate surface area is 91.5 Å². The predicted molar refractivity (Wildman–Crippen MR) is 59.4 cm³/mol. The van der Waals surface area contributed by atoms with E-state index in [4.69, 9.17) is 10.5 Å². The zero-order valence-electron chi connectivity index (χ0n) is 9.88. The van der Waals surface area contributed by atoms with E-state index < -0.39 is 0 Å². The minimum Gasteiger partial charge on any atom is -0.368 e. The lowest BCUT2D eigenvalue weighted by atomic mass is 9.88. The average molecular weight is 214 g/mol. The van der Waals surface area contributed by atoms with Gasteiger partial charge in [-0.2, -0.15) is 0 Å². The number of hydrogen-bond acceptors (Lipinski definition) is 3. The van der Waals surface area contributed by atoms with Gasteiger partial charge in [0.25, 0.3) is 0 Å². The van der Waals surface area contributed by atoms with Gasteiger partial charge in [-0.1, -0.05) is 13.8 Å². The summed E-state index contributed by atoms with van der Waals surface area (Å²) in [6.07, 6.45) is 1.53. The van der Waals surface area contributed by atoms with E-state index >= 15 is 0 Å². The summed E-state index contributed by atoms with van der Waals surface area (Å²) < 4.78 is 5.33. The fraction of sp³-hybridized carbons (Fsp3) is 0.909. The molecule has 15 heavy (non-hydrogen) atoms. The van der Waals surface area contributed by atoms with Crippen LogP contribution in [0.1, 0.15) is 33.6 Å².